The van der Waals surface area contributed by atoms with Crippen LogP contribution >= 0.6 is 0 Å². The van der Waals surface area contributed by atoms with Gasteiger partial charge in [0.1, 0.15) is 6.61 Å². The average Bonchev–Trinajstić information content (AvgIpc) is 2.30. The first-order chi connectivity index (χ1) is 7.34. The van der Waals surface area contributed by atoms with E-state index in [0.29, 0.717) is 32.9 Å². The van der Waals surface area contributed by atoms with Crippen LogP contribution in [0.1, 0.15) is 6.92 Å². The summed E-state index contributed by atoms with van der Waals surface area (Å²) >= 11 is 0. The van der Waals surface area contributed by atoms with Crippen LogP contribution in [0.4, 0.5) is 0 Å². The third-order valence-corrected chi connectivity index (χ3v) is 2.26. The number of nitrogens with zero attached hydrogens (tertiary/aromatic N) is 1. The zero-order chi connectivity index (χ0) is 10.9. The van der Waals surface area contributed by atoms with E-state index in [9.17, 15) is 4.79 Å². The molecule has 1 heterocycles. The Bertz CT molecular complexity index is 182. The first-order valence-electron chi connectivity index (χ1n) is 5.48. The van der Waals surface area contributed by atoms with Crippen molar-refractivity contribution >= 4 is 5.91 Å². The van der Waals surface area contributed by atoms with Crippen molar-refractivity contribution in [3.63, 3.8) is 0 Å². The standard InChI is InChI=1S/C10H20N2O3/c1-2-11-3-6-15-9-10(13)12-4-7-14-8-5-12/h11H,2-9H2,1H3. The maximum Gasteiger partial charge on any atom is 0.248 e. The fourth-order valence-corrected chi connectivity index (χ4v) is 1.38. The number of hydrogen-bond acceptors (Lipinski definition) is 4. The SMILES string of the molecule is CCNCCOCC(=O)N1CCOCC1. The Labute approximate surface area is 90.7 Å². The molecule has 0 bridgehead atoms. The molecular formula is C10H20N2O3. The Hall–Kier alpha value is -0.650. The van der Waals surface area contributed by atoms with Crippen molar-refractivity contribution in [2.45, 2.75) is 6.92 Å². The molecule has 15 heavy (non-hydrogen) atoms. The largest absolute Gasteiger partial charge is 0.378 e. The summed E-state index contributed by atoms with van der Waals surface area (Å²) < 4.78 is 10.4. The highest BCUT2D eigenvalue weighted by molar-refractivity contribution is 5.77. The Morgan fingerprint density at radius 1 is 1.47 bits per heavy atom. The Kier molecular flexibility index (Phi) is 6.31. The van der Waals surface area contributed by atoms with Crippen LogP contribution in [-0.4, -0.2) is 63.4 Å². The molecule has 1 rings (SSSR count). The summed E-state index contributed by atoms with van der Waals surface area (Å²) in [4.78, 5) is 13.3. The van der Waals surface area contributed by atoms with Gasteiger partial charge in [0.15, 0.2) is 0 Å². The van der Waals surface area contributed by atoms with Gasteiger partial charge < -0.3 is 19.7 Å². The fourth-order valence-electron chi connectivity index (χ4n) is 1.38. The second-order valence-electron chi connectivity index (χ2n) is 3.40. The Morgan fingerprint density at radius 3 is 2.87 bits per heavy atom. The first kappa shape index (κ1) is 12.4. The van der Waals surface area contributed by atoms with Gasteiger partial charge >= 0.3 is 0 Å². The van der Waals surface area contributed by atoms with E-state index in [-0.39, 0.29) is 12.5 Å². The molecule has 0 spiro atoms. The van der Waals surface area contributed by atoms with Gasteiger partial charge in [0, 0.05) is 19.6 Å². The number of nitrogens with one attached hydrogen (secondary N) is 1. The molecule has 0 saturated carbocycles. The molecule has 1 saturated heterocycles. The van der Waals surface area contributed by atoms with Crippen molar-refractivity contribution in [1.82, 2.24) is 10.2 Å². The van der Waals surface area contributed by atoms with Crippen LogP contribution in [0, 0.1) is 0 Å². The van der Waals surface area contributed by atoms with Gasteiger partial charge in [-0.2, -0.15) is 0 Å². The second-order valence-corrected chi connectivity index (χ2v) is 3.40. The fraction of sp³-hybridized carbons (Fsp3) is 0.900. The number of rotatable bonds is 6. The van der Waals surface area contributed by atoms with Crippen LogP contribution < -0.4 is 5.32 Å². The summed E-state index contributed by atoms with van der Waals surface area (Å²) in [5.41, 5.74) is 0. The van der Waals surface area contributed by atoms with E-state index < -0.39 is 0 Å². The van der Waals surface area contributed by atoms with E-state index in [4.69, 9.17) is 9.47 Å². The van der Waals surface area contributed by atoms with E-state index in [2.05, 4.69) is 5.32 Å². The predicted octanol–water partition coefficient (Wildman–Crippen LogP) is -0.529. The molecule has 1 aliphatic rings. The average molecular weight is 216 g/mol. The van der Waals surface area contributed by atoms with Crippen molar-refractivity contribution in [1.29, 1.82) is 0 Å². The van der Waals surface area contributed by atoms with Crippen molar-refractivity contribution < 1.29 is 14.3 Å². The van der Waals surface area contributed by atoms with Crippen LogP contribution in [0.2, 0.25) is 0 Å². The summed E-state index contributed by atoms with van der Waals surface area (Å²) in [6, 6.07) is 0. The van der Waals surface area contributed by atoms with Crippen LogP contribution in [0.15, 0.2) is 0 Å². The van der Waals surface area contributed by atoms with Gasteiger partial charge in [0.05, 0.1) is 19.8 Å². The lowest BCUT2D eigenvalue weighted by Gasteiger charge is -2.26. The van der Waals surface area contributed by atoms with E-state index in [0.717, 1.165) is 13.1 Å². The third-order valence-electron chi connectivity index (χ3n) is 2.26. The summed E-state index contributed by atoms with van der Waals surface area (Å²) in [5.74, 6) is 0.0646. The van der Waals surface area contributed by atoms with Gasteiger partial charge in [0.25, 0.3) is 0 Å². The molecule has 1 amide bonds. The number of ether oxygens (including phenoxy) is 2. The zero-order valence-electron chi connectivity index (χ0n) is 9.33. The quantitative estimate of drug-likeness (QED) is 0.607. The highest BCUT2D eigenvalue weighted by Crippen LogP contribution is 1.97. The number of amides is 1. The van der Waals surface area contributed by atoms with Crippen molar-refractivity contribution in [3.05, 3.63) is 0 Å². The number of hydrogen-bond donors (Lipinski definition) is 1. The topological polar surface area (TPSA) is 50.8 Å². The van der Waals surface area contributed by atoms with Gasteiger partial charge in [-0.05, 0) is 6.54 Å². The molecule has 88 valence electrons. The molecule has 1 fully saturated rings. The molecular weight excluding hydrogens is 196 g/mol. The highest BCUT2D eigenvalue weighted by atomic mass is 16.5. The molecule has 5 heteroatoms. The maximum absolute atomic E-state index is 11.6. The summed E-state index contributed by atoms with van der Waals surface area (Å²) in [6.45, 7) is 7.21. The number of carbonyl (C=O) groups excluding carboxylic acids is 1. The lowest BCUT2D eigenvalue weighted by Crippen LogP contribution is -2.42. The highest BCUT2D eigenvalue weighted by Gasteiger charge is 2.16. The molecule has 0 aromatic rings. The summed E-state index contributed by atoms with van der Waals surface area (Å²) in [7, 11) is 0. The third kappa shape index (κ3) is 5.11. The molecule has 0 atom stereocenters. The molecule has 0 radical (unpaired) electrons. The van der Waals surface area contributed by atoms with Gasteiger partial charge in [-0.1, -0.05) is 6.92 Å². The minimum atomic E-state index is 0.0646. The molecule has 0 aromatic heterocycles. The normalized spacial score (nSPS) is 16.7. The van der Waals surface area contributed by atoms with Gasteiger partial charge in [-0.25, -0.2) is 0 Å². The zero-order valence-corrected chi connectivity index (χ0v) is 9.33. The smallest absolute Gasteiger partial charge is 0.248 e. The van der Waals surface area contributed by atoms with E-state index in [1.807, 2.05) is 6.92 Å². The monoisotopic (exact) mass is 216 g/mol. The van der Waals surface area contributed by atoms with Crippen LogP contribution in [-0.2, 0) is 14.3 Å². The Balaban J connectivity index is 2.02. The maximum atomic E-state index is 11.6. The van der Waals surface area contributed by atoms with Gasteiger partial charge in [-0.15, -0.1) is 0 Å². The van der Waals surface area contributed by atoms with Crippen LogP contribution in [0.25, 0.3) is 0 Å². The first-order valence-corrected chi connectivity index (χ1v) is 5.48. The number of likely N-dealkylation sites (N-methyl/N-ethyl adjacent to an activating group) is 1. The molecule has 0 aromatic carbocycles. The van der Waals surface area contributed by atoms with Crippen molar-refractivity contribution in [3.8, 4) is 0 Å². The van der Waals surface area contributed by atoms with Crippen molar-refractivity contribution in [2.24, 2.45) is 0 Å². The summed E-state index contributed by atoms with van der Waals surface area (Å²) in [5, 5.41) is 3.13. The lowest BCUT2D eigenvalue weighted by atomic mass is 10.4. The lowest BCUT2D eigenvalue weighted by molar-refractivity contribution is -0.140. The van der Waals surface area contributed by atoms with Gasteiger partial charge in [-0.3, -0.25) is 4.79 Å². The molecule has 1 N–H and O–H groups in total. The van der Waals surface area contributed by atoms with Crippen molar-refractivity contribution in [2.75, 3.05) is 52.6 Å². The van der Waals surface area contributed by atoms with E-state index in [1.54, 1.807) is 4.90 Å². The molecule has 0 unspecified atom stereocenters. The Morgan fingerprint density at radius 2 is 2.20 bits per heavy atom. The van der Waals surface area contributed by atoms with Crippen LogP contribution in [0.5, 0.6) is 0 Å². The number of morpholine rings is 1. The molecule has 1 aliphatic heterocycles. The minimum Gasteiger partial charge on any atom is -0.378 e. The predicted molar refractivity (Wildman–Crippen MR) is 56.8 cm³/mol. The molecule has 0 aliphatic carbocycles. The van der Waals surface area contributed by atoms with E-state index in [1.165, 1.54) is 0 Å². The molecule has 5 nitrogen and oxygen atoms in total. The number of carbonyl (C=O) groups is 1. The van der Waals surface area contributed by atoms with Gasteiger partial charge in [0.2, 0.25) is 5.91 Å². The minimum absolute atomic E-state index is 0.0646. The van der Waals surface area contributed by atoms with E-state index >= 15 is 0 Å². The van der Waals surface area contributed by atoms with Crippen LogP contribution in [0.3, 0.4) is 0 Å². The summed E-state index contributed by atoms with van der Waals surface area (Å²) in [6.07, 6.45) is 0. The second kappa shape index (κ2) is 7.62.